The molecule has 1 aliphatic rings. The highest BCUT2D eigenvalue weighted by Gasteiger charge is 2.17. The third kappa shape index (κ3) is 3.20. The molecule has 1 atom stereocenters. The maximum Gasteiger partial charge on any atom is 0.335 e. The van der Waals surface area contributed by atoms with Crippen molar-refractivity contribution in [2.45, 2.75) is 19.8 Å². The van der Waals surface area contributed by atoms with Crippen molar-refractivity contribution in [2.24, 2.45) is 5.92 Å². The fourth-order valence-corrected chi connectivity index (χ4v) is 1.86. The van der Waals surface area contributed by atoms with Gasteiger partial charge in [0.2, 0.25) is 5.88 Å². The lowest BCUT2D eigenvalue weighted by molar-refractivity contribution is 0.0695. The van der Waals surface area contributed by atoms with Gasteiger partial charge >= 0.3 is 5.97 Å². The van der Waals surface area contributed by atoms with Crippen LogP contribution in [0.25, 0.3) is 0 Å². The molecule has 1 saturated heterocycles. The number of pyridine rings is 1. The molecule has 0 aliphatic carbocycles. The van der Waals surface area contributed by atoms with Crippen LogP contribution in [0.4, 0.5) is 0 Å². The quantitative estimate of drug-likeness (QED) is 0.863. The van der Waals surface area contributed by atoms with E-state index in [1.165, 1.54) is 6.07 Å². The second-order valence-corrected chi connectivity index (χ2v) is 4.38. The summed E-state index contributed by atoms with van der Waals surface area (Å²) < 4.78 is 10.8. The smallest absolute Gasteiger partial charge is 0.335 e. The minimum absolute atomic E-state index is 0.222. The summed E-state index contributed by atoms with van der Waals surface area (Å²) in [6, 6.07) is 3.05. The number of hydrogen-bond donors (Lipinski definition) is 1. The maximum absolute atomic E-state index is 11.0. The van der Waals surface area contributed by atoms with E-state index in [2.05, 4.69) is 4.98 Å². The number of nitrogens with zero attached hydrogens (tertiary/aromatic N) is 1. The zero-order valence-electron chi connectivity index (χ0n) is 10.4. The summed E-state index contributed by atoms with van der Waals surface area (Å²) in [5.74, 6) is -0.190. The highest BCUT2D eigenvalue weighted by Crippen LogP contribution is 2.17. The van der Waals surface area contributed by atoms with Crippen LogP contribution in [0, 0.1) is 5.92 Å². The molecule has 1 aromatic heterocycles. The van der Waals surface area contributed by atoms with Crippen LogP contribution in [0.3, 0.4) is 0 Å². The average molecular weight is 251 g/mol. The van der Waals surface area contributed by atoms with Gasteiger partial charge in [-0.05, 0) is 18.9 Å². The third-order valence-corrected chi connectivity index (χ3v) is 2.95. The largest absolute Gasteiger partial charge is 0.478 e. The van der Waals surface area contributed by atoms with Crippen LogP contribution in [0.5, 0.6) is 5.88 Å². The molecular weight excluding hydrogens is 234 g/mol. The Hall–Kier alpha value is -1.62. The first kappa shape index (κ1) is 12.8. The molecule has 1 unspecified atom stereocenters. The standard InChI is InChI=1S/C13H17NO4/c1-2-11-5-10(13(15)16)6-12(14-11)18-8-9-3-4-17-7-9/h5-6,9H,2-4,7-8H2,1H3,(H,15,16). The van der Waals surface area contributed by atoms with Crippen molar-refractivity contribution < 1.29 is 19.4 Å². The van der Waals surface area contributed by atoms with Gasteiger partial charge in [0.15, 0.2) is 0 Å². The summed E-state index contributed by atoms with van der Waals surface area (Å²) in [7, 11) is 0. The Bertz CT molecular complexity index is 427. The highest BCUT2D eigenvalue weighted by atomic mass is 16.5. The van der Waals surface area contributed by atoms with Gasteiger partial charge in [0.25, 0.3) is 0 Å². The first-order valence-corrected chi connectivity index (χ1v) is 6.14. The van der Waals surface area contributed by atoms with E-state index in [0.29, 0.717) is 31.4 Å². The predicted molar refractivity (Wildman–Crippen MR) is 65.0 cm³/mol. The lowest BCUT2D eigenvalue weighted by atomic mass is 10.1. The van der Waals surface area contributed by atoms with E-state index in [1.54, 1.807) is 6.07 Å². The summed E-state index contributed by atoms with van der Waals surface area (Å²) in [5, 5.41) is 9.01. The van der Waals surface area contributed by atoms with Gasteiger partial charge < -0.3 is 14.6 Å². The molecule has 0 bridgehead atoms. The maximum atomic E-state index is 11.0. The summed E-state index contributed by atoms with van der Waals surface area (Å²) in [5.41, 5.74) is 0.951. The first-order valence-electron chi connectivity index (χ1n) is 6.14. The second-order valence-electron chi connectivity index (χ2n) is 4.38. The molecule has 1 fully saturated rings. The summed E-state index contributed by atoms with van der Waals surface area (Å²) in [6.07, 6.45) is 1.67. The molecule has 1 aliphatic heterocycles. The Balaban J connectivity index is 2.05. The number of carbonyl (C=O) groups is 1. The Morgan fingerprint density at radius 1 is 1.61 bits per heavy atom. The van der Waals surface area contributed by atoms with Gasteiger partial charge in [0.1, 0.15) is 0 Å². The number of aromatic carboxylic acids is 1. The van der Waals surface area contributed by atoms with E-state index in [1.807, 2.05) is 6.92 Å². The number of hydrogen-bond acceptors (Lipinski definition) is 4. The molecule has 98 valence electrons. The number of ether oxygens (including phenoxy) is 2. The van der Waals surface area contributed by atoms with Gasteiger partial charge in [0.05, 0.1) is 18.8 Å². The molecule has 0 spiro atoms. The highest BCUT2D eigenvalue weighted by molar-refractivity contribution is 5.88. The van der Waals surface area contributed by atoms with Crippen LogP contribution in [-0.4, -0.2) is 35.9 Å². The second kappa shape index (κ2) is 5.82. The van der Waals surface area contributed by atoms with Gasteiger partial charge in [0, 0.05) is 24.3 Å². The fourth-order valence-electron chi connectivity index (χ4n) is 1.86. The summed E-state index contributed by atoms with van der Waals surface area (Å²) in [6.45, 7) is 3.94. The van der Waals surface area contributed by atoms with Crippen LogP contribution in [-0.2, 0) is 11.2 Å². The van der Waals surface area contributed by atoms with Gasteiger partial charge in [-0.1, -0.05) is 6.92 Å². The van der Waals surface area contributed by atoms with E-state index in [4.69, 9.17) is 14.6 Å². The lowest BCUT2D eigenvalue weighted by Gasteiger charge is -2.11. The van der Waals surface area contributed by atoms with Crippen molar-refractivity contribution in [3.63, 3.8) is 0 Å². The summed E-state index contributed by atoms with van der Waals surface area (Å²) in [4.78, 5) is 15.2. The number of rotatable bonds is 5. The van der Waals surface area contributed by atoms with E-state index in [9.17, 15) is 4.79 Å². The predicted octanol–water partition coefficient (Wildman–Crippen LogP) is 1.76. The molecular formula is C13H17NO4. The lowest BCUT2D eigenvalue weighted by Crippen LogP contribution is -2.13. The van der Waals surface area contributed by atoms with Crippen molar-refractivity contribution in [3.05, 3.63) is 23.4 Å². The van der Waals surface area contributed by atoms with Crippen molar-refractivity contribution in [1.29, 1.82) is 0 Å². The molecule has 1 N–H and O–H groups in total. The average Bonchev–Trinajstić information content (AvgIpc) is 2.89. The van der Waals surface area contributed by atoms with E-state index >= 15 is 0 Å². The van der Waals surface area contributed by atoms with Crippen LogP contribution >= 0.6 is 0 Å². The number of carboxylic acid groups (broad SMARTS) is 1. The van der Waals surface area contributed by atoms with Crippen LogP contribution < -0.4 is 4.74 Å². The molecule has 2 rings (SSSR count). The van der Waals surface area contributed by atoms with Gasteiger partial charge in [-0.25, -0.2) is 9.78 Å². The van der Waals surface area contributed by atoms with Crippen LogP contribution in [0.15, 0.2) is 12.1 Å². The van der Waals surface area contributed by atoms with E-state index in [0.717, 1.165) is 18.7 Å². The van der Waals surface area contributed by atoms with Crippen LogP contribution in [0.1, 0.15) is 29.4 Å². The Labute approximate surface area is 106 Å². The Morgan fingerprint density at radius 2 is 2.44 bits per heavy atom. The SMILES string of the molecule is CCc1cc(C(=O)O)cc(OCC2CCOC2)n1. The fraction of sp³-hybridized carbons (Fsp3) is 0.538. The zero-order valence-corrected chi connectivity index (χ0v) is 10.4. The van der Waals surface area contributed by atoms with Crippen molar-refractivity contribution in [1.82, 2.24) is 4.98 Å². The van der Waals surface area contributed by atoms with Crippen molar-refractivity contribution in [2.75, 3.05) is 19.8 Å². The molecule has 1 aromatic rings. The van der Waals surface area contributed by atoms with Crippen molar-refractivity contribution >= 4 is 5.97 Å². The number of carboxylic acids is 1. The van der Waals surface area contributed by atoms with Crippen molar-refractivity contribution in [3.8, 4) is 5.88 Å². The topological polar surface area (TPSA) is 68.7 Å². The summed E-state index contributed by atoms with van der Waals surface area (Å²) >= 11 is 0. The normalized spacial score (nSPS) is 18.8. The van der Waals surface area contributed by atoms with E-state index < -0.39 is 5.97 Å². The Kier molecular flexibility index (Phi) is 4.15. The first-order chi connectivity index (χ1) is 8.69. The molecule has 5 nitrogen and oxygen atoms in total. The monoisotopic (exact) mass is 251 g/mol. The Morgan fingerprint density at radius 3 is 3.06 bits per heavy atom. The molecule has 5 heteroatoms. The molecule has 18 heavy (non-hydrogen) atoms. The van der Waals surface area contributed by atoms with Gasteiger partial charge in [-0.15, -0.1) is 0 Å². The zero-order chi connectivity index (χ0) is 13.0. The third-order valence-electron chi connectivity index (χ3n) is 2.95. The number of aromatic nitrogens is 1. The van der Waals surface area contributed by atoms with Gasteiger partial charge in [-0.3, -0.25) is 0 Å². The molecule has 0 saturated carbocycles. The molecule has 0 aromatic carbocycles. The molecule has 0 amide bonds. The minimum Gasteiger partial charge on any atom is -0.478 e. The molecule has 2 heterocycles. The van der Waals surface area contributed by atoms with E-state index in [-0.39, 0.29) is 5.56 Å². The number of aryl methyl sites for hydroxylation is 1. The van der Waals surface area contributed by atoms with Crippen LogP contribution in [0.2, 0.25) is 0 Å². The minimum atomic E-state index is -0.957. The van der Waals surface area contributed by atoms with Gasteiger partial charge in [-0.2, -0.15) is 0 Å². The molecule has 0 radical (unpaired) electrons.